The Morgan fingerprint density at radius 3 is 2.93 bits per heavy atom. The van der Waals surface area contributed by atoms with Crippen LogP contribution in [0.2, 0.25) is 0 Å². The minimum absolute atomic E-state index is 0.0577. The lowest BCUT2D eigenvalue weighted by atomic mass is 10.2. The quantitative estimate of drug-likeness (QED) is 0.643. The van der Waals surface area contributed by atoms with Gasteiger partial charge in [0.2, 0.25) is 0 Å². The lowest BCUT2D eigenvalue weighted by molar-refractivity contribution is 0.0645. The molecule has 1 aromatic heterocycles. The van der Waals surface area contributed by atoms with Crippen LogP contribution < -0.4 is 9.47 Å². The van der Waals surface area contributed by atoms with Crippen molar-refractivity contribution in [3.05, 3.63) is 45.6 Å². The first-order chi connectivity index (χ1) is 14.1. The zero-order valence-corrected chi connectivity index (χ0v) is 18.2. The molecule has 29 heavy (non-hydrogen) atoms. The number of para-hydroxylation sites is 2. The number of thiophene rings is 1. The van der Waals surface area contributed by atoms with Crippen molar-refractivity contribution in [2.45, 2.75) is 38.7 Å². The summed E-state index contributed by atoms with van der Waals surface area (Å²) in [6, 6.07) is 9.90. The van der Waals surface area contributed by atoms with Crippen LogP contribution in [0.1, 0.15) is 39.4 Å². The van der Waals surface area contributed by atoms with E-state index in [0.29, 0.717) is 6.61 Å². The normalized spacial score (nSPS) is 18.7. The molecule has 1 atom stereocenters. The van der Waals surface area contributed by atoms with Gasteiger partial charge in [0, 0.05) is 29.4 Å². The molecule has 1 unspecified atom stereocenters. The van der Waals surface area contributed by atoms with Crippen LogP contribution in [-0.4, -0.2) is 61.6 Å². The van der Waals surface area contributed by atoms with E-state index in [9.17, 15) is 4.79 Å². The third-order valence-electron chi connectivity index (χ3n) is 5.58. The van der Waals surface area contributed by atoms with Crippen molar-refractivity contribution in [2.75, 3.05) is 39.8 Å². The Hall–Kier alpha value is -2.05. The van der Waals surface area contributed by atoms with Crippen molar-refractivity contribution in [2.24, 2.45) is 0 Å². The second kappa shape index (κ2) is 9.18. The van der Waals surface area contributed by atoms with Gasteiger partial charge in [-0.1, -0.05) is 12.1 Å². The van der Waals surface area contributed by atoms with E-state index in [1.54, 1.807) is 11.3 Å². The number of likely N-dealkylation sites (N-methyl/N-ethyl adjacent to an activating group) is 1. The van der Waals surface area contributed by atoms with Crippen molar-refractivity contribution in [1.29, 1.82) is 0 Å². The summed E-state index contributed by atoms with van der Waals surface area (Å²) < 4.78 is 11.8. The van der Waals surface area contributed by atoms with Crippen LogP contribution in [0.5, 0.6) is 11.5 Å². The monoisotopic (exact) mass is 414 g/mol. The number of nitrogens with zero attached hydrogens (tertiary/aromatic N) is 2. The average molecular weight is 415 g/mol. The standard InChI is InChI=1S/C23H30N2O3S/c1-17-14-19-22(29-17)10-7-13-25(23(19)26)12-6-5-11-24(2)15-18-16-27-20-8-3-4-9-21(20)28-18/h3-4,8-9,14,18H,5-7,10-13,15-16H2,1-2H3. The summed E-state index contributed by atoms with van der Waals surface area (Å²) in [5.74, 6) is 1.89. The molecule has 1 aromatic carbocycles. The van der Waals surface area contributed by atoms with Gasteiger partial charge in [0.1, 0.15) is 12.7 Å². The molecule has 3 heterocycles. The predicted molar refractivity (Wildman–Crippen MR) is 116 cm³/mol. The first kappa shape index (κ1) is 20.2. The highest BCUT2D eigenvalue weighted by Gasteiger charge is 2.24. The molecule has 0 fully saturated rings. The molecule has 0 aliphatic carbocycles. The van der Waals surface area contributed by atoms with Gasteiger partial charge < -0.3 is 19.3 Å². The first-order valence-corrected chi connectivity index (χ1v) is 11.4. The van der Waals surface area contributed by atoms with Crippen molar-refractivity contribution in [3.63, 3.8) is 0 Å². The number of fused-ring (bicyclic) bond motifs is 2. The Labute approximate surface area is 177 Å². The van der Waals surface area contributed by atoms with Gasteiger partial charge in [-0.15, -0.1) is 11.3 Å². The van der Waals surface area contributed by atoms with Crippen molar-refractivity contribution in [1.82, 2.24) is 9.80 Å². The third kappa shape index (κ3) is 4.93. The van der Waals surface area contributed by atoms with Crippen LogP contribution in [0, 0.1) is 6.92 Å². The van der Waals surface area contributed by atoms with Gasteiger partial charge in [-0.3, -0.25) is 4.79 Å². The van der Waals surface area contributed by atoms with Gasteiger partial charge in [0.15, 0.2) is 11.5 Å². The number of aryl methyl sites for hydroxylation is 2. The lowest BCUT2D eigenvalue weighted by Crippen LogP contribution is -2.40. The van der Waals surface area contributed by atoms with E-state index >= 15 is 0 Å². The van der Waals surface area contributed by atoms with Gasteiger partial charge in [-0.05, 0) is 64.4 Å². The summed E-state index contributed by atoms with van der Waals surface area (Å²) in [6.45, 7) is 6.23. The molecule has 5 nitrogen and oxygen atoms in total. The third-order valence-corrected chi connectivity index (χ3v) is 6.69. The van der Waals surface area contributed by atoms with Crippen molar-refractivity contribution < 1.29 is 14.3 Å². The summed E-state index contributed by atoms with van der Waals surface area (Å²) in [7, 11) is 2.13. The summed E-state index contributed by atoms with van der Waals surface area (Å²) >= 11 is 1.78. The van der Waals surface area contributed by atoms with E-state index in [1.807, 2.05) is 29.2 Å². The highest BCUT2D eigenvalue weighted by molar-refractivity contribution is 7.12. The minimum atomic E-state index is 0.0577. The molecule has 2 aliphatic rings. The van der Waals surface area contributed by atoms with E-state index in [2.05, 4.69) is 24.9 Å². The van der Waals surface area contributed by atoms with Gasteiger partial charge in [0.25, 0.3) is 5.91 Å². The molecule has 0 radical (unpaired) electrons. The number of rotatable bonds is 7. The zero-order valence-electron chi connectivity index (χ0n) is 17.4. The highest BCUT2D eigenvalue weighted by atomic mass is 32.1. The summed E-state index contributed by atoms with van der Waals surface area (Å²) in [4.78, 5) is 19.7. The number of ether oxygens (including phenoxy) is 2. The Morgan fingerprint density at radius 2 is 2.07 bits per heavy atom. The molecule has 0 N–H and O–H groups in total. The molecule has 4 rings (SSSR count). The molecule has 0 saturated heterocycles. The number of carbonyl (C=O) groups excluding carboxylic acids is 1. The first-order valence-electron chi connectivity index (χ1n) is 10.6. The summed E-state index contributed by atoms with van der Waals surface area (Å²) in [5.41, 5.74) is 0.942. The zero-order chi connectivity index (χ0) is 20.2. The molecule has 6 heteroatoms. The second-order valence-corrected chi connectivity index (χ2v) is 9.40. The maximum atomic E-state index is 12.8. The van der Waals surface area contributed by atoms with Crippen molar-refractivity contribution in [3.8, 4) is 11.5 Å². The molecule has 0 spiro atoms. The molecular weight excluding hydrogens is 384 g/mol. The Bertz CT molecular complexity index is 850. The molecule has 0 bridgehead atoms. The fraction of sp³-hybridized carbons (Fsp3) is 0.522. The number of carbonyl (C=O) groups is 1. The molecule has 2 aliphatic heterocycles. The Kier molecular flexibility index (Phi) is 6.40. The fourth-order valence-electron chi connectivity index (χ4n) is 4.12. The van der Waals surface area contributed by atoms with Crippen LogP contribution in [0.4, 0.5) is 0 Å². The lowest BCUT2D eigenvalue weighted by Gasteiger charge is -2.29. The maximum absolute atomic E-state index is 12.8. The number of unbranched alkanes of at least 4 members (excludes halogenated alkanes) is 1. The molecular formula is C23H30N2O3S. The second-order valence-electron chi connectivity index (χ2n) is 8.06. The topological polar surface area (TPSA) is 42.0 Å². The van der Waals surface area contributed by atoms with Gasteiger partial charge in [-0.25, -0.2) is 0 Å². The van der Waals surface area contributed by atoms with Crippen LogP contribution in [0.3, 0.4) is 0 Å². The molecule has 0 saturated carbocycles. The SMILES string of the molecule is Cc1cc2c(s1)CCCN(CCCCN(C)CC1COc3ccccc3O1)C2=O. The van der Waals surface area contributed by atoms with Gasteiger partial charge in [-0.2, -0.15) is 0 Å². The average Bonchev–Trinajstić information content (AvgIpc) is 3.03. The van der Waals surface area contributed by atoms with Crippen LogP contribution in [0.15, 0.2) is 30.3 Å². The highest BCUT2D eigenvalue weighted by Crippen LogP contribution is 2.31. The number of amides is 1. The predicted octanol–water partition coefficient (Wildman–Crippen LogP) is 4.00. The maximum Gasteiger partial charge on any atom is 0.254 e. The minimum Gasteiger partial charge on any atom is -0.486 e. The number of benzene rings is 1. The fourth-order valence-corrected chi connectivity index (χ4v) is 5.19. The molecule has 2 aromatic rings. The Morgan fingerprint density at radius 1 is 1.24 bits per heavy atom. The van der Waals surface area contributed by atoms with Crippen LogP contribution in [0.25, 0.3) is 0 Å². The van der Waals surface area contributed by atoms with Crippen LogP contribution >= 0.6 is 11.3 Å². The van der Waals surface area contributed by atoms with E-state index in [1.165, 1.54) is 9.75 Å². The number of hydrogen-bond donors (Lipinski definition) is 0. The van der Waals surface area contributed by atoms with Gasteiger partial charge >= 0.3 is 0 Å². The Balaban J connectivity index is 1.19. The molecule has 156 valence electrons. The van der Waals surface area contributed by atoms with Crippen LogP contribution in [-0.2, 0) is 6.42 Å². The van der Waals surface area contributed by atoms with E-state index in [4.69, 9.17) is 9.47 Å². The van der Waals surface area contributed by atoms with E-state index in [-0.39, 0.29) is 12.0 Å². The van der Waals surface area contributed by atoms with Gasteiger partial charge in [0.05, 0.1) is 5.56 Å². The largest absolute Gasteiger partial charge is 0.486 e. The van der Waals surface area contributed by atoms with Crippen molar-refractivity contribution >= 4 is 17.2 Å². The van der Waals surface area contributed by atoms with E-state index in [0.717, 1.165) is 68.9 Å². The number of hydrogen-bond acceptors (Lipinski definition) is 5. The summed E-state index contributed by atoms with van der Waals surface area (Å²) in [6.07, 6.45) is 4.26. The van der Waals surface area contributed by atoms with E-state index < -0.39 is 0 Å². The summed E-state index contributed by atoms with van der Waals surface area (Å²) in [5, 5.41) is 0. The molecule has 1 amide bonds. The smallest absolute Gasteiger partial charge is 0.254 e.